The van der Waals surface area contributed by atoms with Gasteiger partial charge in [0.2, 0.25) is 5.95 Å². The summed E-state index contributed by atoms with van der Waals surface area (Å²) in [7, 11) is 0. The second kappa shape index (κ2) is 3.34. The van der Waals surface area contributed by atoms with Gasteiger partial charge in [-0.1, -0.05) is 0 Å². The summed E-state index contributed by atoms with van der Waals surface area (Å²) in [4.78, 5) is 3.49. The predicted octanol–water partition coefficient (Wildman–Crippen LogP) is 2.41. The molecule has 0 aliphatic heterocycles. The summed E-state index contributed by atoms with van der Waals surface area (Å²) in [5.41, 5.74) is 0.512. The van der Waals surface area contributed by atoms with Crippen molar-refractivity contribution in [3.63, 3.8) is 0 Å². The van der Waals surface area contributed by atoms with Crippen molar-refractivity contribution in [2.75, 3.05) is 0 Å². The maximum atomic E-state index is 12.6. The van der Waals surface area contributed by atoms with Crippen LogP contribution in [0.1, 0.15) is 5.56 Å². The molecule has 1 nitrogen and oxygen atoms in total. The fourth-order valence-electron chi connectivity index (χ4n) is 0.575. The van der Waals surface area contributed by atoms with E-state index in [4.69, 9.17) is 0 Å². The van der Waals surface area contributed by atoms with Gasteiger partial charge in [0.1, 0.15) is 0 Å². The highest BCUT2D eigenvalue weighted by molar-refractivity contribution is 9.10. The molecule has 0 saturated carbocycles. The average molecular weight is 222 g/mol. The largest absolute Gasteiger partial charge is 0.227 e. The van der Waals surface area contributed by atoms with Gasteiger partial charge >= 0.3 is 0 Å². The molecule has 1 rings (SSSR count). The Labute approximate surface area is 72.2 Å². The number of thiol groups is 1. The minimum absolute atomic E-state index is 0.373. The summed E-state index contributed by atoms with van der Waals surface area (Å²) in [5.74, 6) is -0.0728. The maximum absolute atomic E-state index is 12.6. The van der Waals surface area contributed by atoms with Gasteiger partial charge in [0.25, 0.3) is 0 Å². The first-order chi connectivity index (χ1) is 4.74. The standard InChI is InChI=1S/C6H5BrFNS/c7-5-1-4(3-10)6(8)9-2-5/h1-2,10H,3H2. The molecule has 0 unspecified atom stereocenters. The number of rotatable bonds is 1. The van der Waals surface area contributed by atoms with Gasteiger partial charge in [-0.05, 0) is 22.0 Å². The lowest BCUT2D eigenvalue weighted by atomic mass is 10.3. The highest BCUT2D eigenvalue weighted by Gasteiger charge is 2.00. The highest BCUT2D eigenvalue weighted by Crippen LogP contribution is 2.13. The number of pyridine rings is 1. The van der Waals surface area contributed by atoms with Crippen LogP contribution < -0.4 is 0 Å². The van der Waals surface area contributed by atoms with Gasteiger partial charge in [0.05, 0.1) is 0 Å². The molecule has 0 aliphatic rings. The Hall–Kier alpha value is -0.0900. The molecular weight excluding hydrogens is 217 g/mol. The monoisotopic (exact) mass is 221 g/mol. The van der Waals surface area contributed by atoms with Crippen molar-refractivity contribution < 1.29 is 4.39 Å². The van der Waals surface area contributed by atoms with Crippen LogP contribution in [0.25, 0.3) is 0 Å². The van der Waals surface area contributed by atoms with Crippen LogP contribution in [0.15, 0.2) is 16.7 Å². The first-order valence-electron chi connectivity index (χ1n) is 2.65. The first kappa shape index (κ1) is 8.01. The highest BCUT2D eigenvalue weighted by atomic mass is 79.9. The Morgan fingerprint density at radius 3 is 2.90 bits per heavy atom. The van der Waals surface area contributed by atoms with Crippen molar-refractivity contribution in [3.05, 3.63) is 28.2 Å². The van der Waals surface area contributed by atoms with Gasteiger partial charge in [0, 0.05) is 22.0 Å². The number of aromatic nitrogens is 1. The van der Waals surface area contributed by atoms with Crippen LogP contribution in [-0.4, -0.2) is 4.98 Å². The second-order valence-corrected chi connectivity index (χ2v) is 2.99. The summed E-state index contributed by atoms with van der Waals surface area (Å²) in [6.07, 6.45) is 1.42. The lowest BCUT2D eigenvalue weighted by Gasteiger charge is -1.96. The number of halogens is 2. The van der Waals surface area contributed by atoms with Gasteiger partial charge in [-0.25, -0.2) is 4.98 Å². The van der Waals surface area contributed by atoms with E-state index in [1.807, 2.05) is 0 Å². The topological polar surface area (TPSA) is 12.9 Å². The minimum atomic E-state index is -0.446. The molecule has 0 aliphatic carbocycles. The molecular formula is C6H5BrFNS. The Bertz CT molecular complexity index is 241. The van der Waals surface area contributed by atoms with Gasteiger partial charge in [0.15, 0.2) is 0 Å². The van der Waals surface area contributed by atoms with E-state index in [0.29, 0.717) is 11.3 Å². The molecule has 0 N–H and O–H groups in total. The summed E-state index contributed by atoms with van der Waals surface area (Å²) in [6.45, 7) is 0. The van der Waals surface area contributed by atoms with E-state index in [9.17, 15) is 4.39 Å². The molecule has 1 aromatic rings. The van der Waals surface area contributed by atoms with Crippen LogP contribution in [0.3, 0.4) is 0 Å². The van der Waals surface area contributed by atoms with E-state index < -0.39 is 5.95 Å². The molecule has 0 saturated heterocycles. The molecule has 0 aromatic carbocycles. The molecule has 0 spiro atoms. The SMILES string of the molecule is Fc1ncc(Br)cc1CS. The number of nitrogens with zero attached hydrogens (tertiary/aromatic N) is 1. The van der Waals surface area contributed by atoms with Gasteiger partial charge in [-0.15, -0.1) is 0 Å². The lowest BCUT2D eigenvalue weighted by Crippen LogP contribution is -1.89. The summed E-state index contributed by atoms with van der Waals surface area (Å²) in [5, 5.41) is 0. The summed E-state index contributed by atoms with van der Waals surface area (Å²) < 4.78 is 13.4. The molecule has 0 radical (unpaired) electrons. The third-order valence-electron chi connectivity index (χ3n) is 1.05. The first-order valence-corrected chi connectivity index (χ1v) is 4.07. The summed E-state index contributed by atoms with van der Waals surface area (Å²) in [6, 6.07) is 1.66. The molecule has 0 bridgehead atoms. The fraction of sp³-hybridized carbons (Fsp3) is 0.167. The Morgan fingerprint density at radius 1 is 1.70 bits per heavy atom. The number of hydrogen-bond acceptors (Lipinski definition) is 2. The molecule has 4 heteroatoms. The van der Waals surface area contributed by atoms with E-state index in [1.165, 1.54) is 6.20 Å². The van der Waals surface area contributed by atoms with Gasteiger partial charge in [-0.2, -0.15) is 17.0 Å². The molecule has 0 amide bonds. The minimum Gasteiger partial charge on any atom is -0.227 e. The quantitative estimate of drug-likeness (QED) is 0.568. The van der Waals surface area contributed by atoms with Crippen molar-refractivity contribution >= 4 is 28.6 Å². The van der Waals surface area contributed by atoms with Crippen LogP contribution in [-0.2, 0) is 5.75 Å². The van der Waals surface area contributed by atoms with Crippen LogP contribution in [0.5, 0.6) is 0 Å². The zero-order chi connectivity index (χ0) is 7.56. The van der Waals surface area contributed by atoms with Gasteiger partial charge < -0.3 is 0 Å². The average Bonchev–Trinajstić information content (AvgIpc) is 1.94. The smallest absolute Gasteiger partial charge is 0.216 e. The zero-order valence-electron chi connectivity index (χ0n) is 5.01. The van der Waals surface area contributed by atoms with Crippen molar-refractivity contribution in [2.24, 2.45) is 0 Å². The molecule has 1 heterocycles. The molecule has 54 valence electrons. The third kappa shape index (κ3) is 1.70. The second-order valence-electron chi connectivity index (χ2n) is 1.76. The molecule has 0 atom stereocenters. The zero-order valence-corrected chi connectivity index (χ0v) is 7.49. The maximum Gasteiger partial charge on any atom is 0.216 e. The van der Waals surface area contributed by atoms with E-state index in [1.54, 1.807) is 6.07 Å². The van der Waals surface area contributed by atoms with Crippen molar-refractivity contribution in [3.8, 4) is 0 Å². The van der Waals surface area contributed by atoms with Crippen LogP contribution in [0.4, 0.5) is 4.39 Å². The molecule has 1 aromatic heterocycles. The molecule has 10 heavy (non-hydrogen) atoms. The van der Waals surface area contributed by atoms with Crippen molar-refractivity contribution in [1.82, 2.24) is 4.98 Å². The summed E-state index contributed by atoms with van der Waals surface area (Å²) >= 11 is 7.10. The predicted molar refractivity (Wildman–Crippen MR) is 44.6 cm³/mol. The third-order valence-corrected chi connectivity index (χ3v) is 1.82. The Morgan fingerprint density at radius 2 is 2.40 bits per heavy atom. The Balaban J connectivity index is 3.09. The van der Waals surface area contributed by atoms with Gasteiger partial charge in [-0.3, -0.25) is 0 Å². The van der Waals surface area contributed by atoms with E-state index >= 15 is 0 Å². The van der Waals surface area contributed by atoms with Crippen LogP contribution in [0.2, 0.25) is 0 Å². The lowest BCUT2D eigenvalue weighted by molar-refractivity contribution is 0.572. The normalized spacial score (nSPS) is 9.90. The molecule has 0 fully saturated rings. The number of hydrogen-bond donors (Lipinski definition) is 1. The van der Waals surface area contributed by atoms with Crippen LogP contribution in [0, 0.1) is 5.95 Å². The van der Waals surface area contributed by atoms with E-state index in [0.717, 1.165) is 4.47 Å². The van der Waals surface area contributed by atoms with E-state index in [-0.39, 0.29) is 0 Å². The fourth-order valence-corrected chi connectivity index (χ4v) is 1.18. The van der Waals surface area contributed by atoms with Crippen LogP contribution >= 0.6 is 28.6 Å². The van der Waals surface area contributed by atoms with E-state index in [2.05, 4.69) is 33.5 Å². The van der Waals surface area contributed by atoms with Crippen molar-refractivity contribution in [1.29, 1.82) is 0 Å². The Kier molecular flexibility index (Phi) is 2.68. The van der Waals surface area contributed by atoms with Crippen molar-refractivity contribution in [2.45, 2.75) is 5.75 Å².